The minimum atomic E-state index is -0.455. The van der Waals surface area contributed by atoms with Crippen LogP contribution in [0, 0.1) is 5.92 Å². The lowest BCUT2D eigenvalue weighted by molar-refractivity contribution is -0.125. The van der Waals surface area contributed by atoms with Gasteiger partial charge in [-0.25, -0.2) is 0 Å². The number of carbonyl (C=O) groups excluding carboxylic acids is 1. The molecule has 1 amide bonds. The van der Waals surface area contributed by atoms with Gasteiger partial charge in [0.25, 0.3) is 0 Å². The van der Waals surface area contributed by atoms with Crippen molar-refractivity contribution in [3.05, 3.63) is 0 Å². The highest BCUT2D eigenvalue weighted by Gasteiger charge is 2.35. The molecule has 0 aliphatic heterocycles. The number of aliphatic hydroxyl groups is 1. The first kappa shape index (κ1) is 13.5. The van der Waals surface area contributed by atoms with Gasteiger partial charge in [-0.3, -0.25) is 4.79 Å². The van der Waals surface area contributed by atoms with Crippen LogP contribution in [0.25, 0.3) is 0 Å². The Morgan fingerprint density at radius 2 is 2.00 bits per heavy atom. The van der Waals surface area contributed by atoms with Crippen molar-refractivity contribution in [1.82, 2.24) is 5.32 Å². The molecule has 1 aliphatic rings. The number of aliphatic hydroxyl groups excluding tert-OH is 1. The van der Waals surface area contributed by atoms with Crippen LogP contribution in [-0.4, -0.2) is 29.2 Å². The summed E-state index contributed by atoms with van der Waals surface area (Å²) in [5.41, 5.74) is 5.42. The van der Waals surface area contributed by atoms with E-state index in [2.05, 4.69) is 5.32 Å². The van der Waals surface area contributed by atoms with Crippen molar-refractivity contribution in [2.24, 2.45) is 11.7 Å². The second kappa shape index (κ2) is 5.64. The van der Waals surface area contributed by atoms with E-state index in [0.29, 0.717) is 12.3 Å². The number of nitrogens with two attached hydrogens (primary N) is 1. The maximum atomic E-state index is 11.9. The summed E-state index contributed by atoms with van der Waals surface area (Å²) in [6.07, 6.45) is 4.56. The molecule has 0 saturated heterocycles. The molecule has 1 unspecified atom stereocenters. The van der Waals surface area contributed by atoms with Crippen LogP contribution in [0.1, 0.15) is 46.0 Å². The molecule has 16 heavy (non-hydrogen) atoms. The Balaban J connectivity index is 2.48. The van der Waals surface area contributed by atoms with E-state index < -0.39 is 11.6 Å². The highest BCUT2D eigenvalue weighted by molar-refractivity contribution is 5.82. The maximum absolute atomic E-state index is 11.9. The second-order valence-corrected chi connectivity index (χ2v) is 5.37. The summed E-state index contributed by atoms with van der Waals surface area (Å²) >= 11 is 0. The number of amides is 1. The first-order valence-electron chi connectivity index (χ1n) is 6.17. The lowest BCUT2D eigenvalue weighted by atomic mass is 9.97. The van der Waals surface area contributed by atoms with Crippen LogP contribution in [0.2, 0.25) is 0 Å². The van der Waals surface area contributed by atoms with Crippen LogP contribution >= 0.6 is 0 Å². The maximum Gasteiger partial charge on any atom is 0.237 e. The minimum Gasteiger partial charge on any atom is -0.394 e. The second-order valence-electron chi connectivity index (χ2n) is 5.37. The molecule has 1 rings (SSSR count). The summed E-state index contributed by atoms with van der Waals surface area (Å²) in [6, 6.07) is -0.455. The molecule has 4 N–H and O–H groups in total. The van der Waals surface area contributed by atoms with Crippen LogP contribution in [0.5, 0.6) is 0 Å². The Hall–Kier alpha value is -0.610. The zero-order chi connectivity index (χ0) is 12.2. The molecule has 0 aromatic heterocycles. The van der Waals surface area contributed by atoms with Crippen LogP contribution in [0.3, 0.4) is 0 Å². The van der Waals surface area contributed by atoms with E-state index in [1.54, 1.807) is 0 Å². The van der Waals surface area contributed by atoms with Crippen molar-refractivity contribution in [3.63, 3.8) is 0 Å². The molecule has 1 fully saturated rings. The monoisotopic (exact) mass is 228 g/mol. The fraction of sp³-hybridized carbons (Fsp3) is 0.917. The first-order valence-corrected chi connectivity index (χ1v) is 6.17. The molecule has 1 saturated carbocycles. The molecule has 0 spiro atoms. The summed E-state index contributed by atoms with van der Waals surface area (Å²) < 4.78 is 0. The molecule has 0 aromatic rings. The Labute approximate surface area is 97.6 Å². The smallest absolute Gasteiger partial charge is 0.237 e. The van der Waals surface area contributed by atoms with Gasteiger partial charge < -0.3 is 16.2 Å². The Bertz CT molecular complexity index is 235. The van der Waals surface area contributed by atoms with Gasteiger partial charge in [-0.05, 0) is 25.2 Å². The normalized spacial score (nSPS) is 21.1. The van der Waals surface area contributed by atoms with Crippen molar-refractivity contribution >= 4 is 5.91 Å². The Morgan fingerprint density at radius 3 is 2.44 bits per heavy atom. The molecule has 94 valence electrons. The lowest BCUT2D eigenvalue weighted by Gasteiger charge is -2.29. The van der Waals surface area contributed by atoms with E-state index in [0.717, 1.165) is 25.7 Å². The van der Waals surface area contributed by atoms with Crippen LogP contribution in [0.4, 0.5) is 0 Å². The molecule has 4 nitrogen and oxygen atoms in total. The Kier molecular flexibility index (Phi) is 4.74. The van der Waals surface area contributed by atoms with E-state index in [1.807, 2.05) is 13.8 Å². The third kappa shape index (κ3) is 3.46. The lowest BCUT2D eigenvalue weighted by Crippen LogP contribution is -2.54. The summed E-state index contributed by atoms with van der Waals surface area (Å²) in [5.74, 6) is 0.291. The summed E-state index contributed by atoms with van der Waals surface area (Å²) in [6.45, 7) is 4.11. The summed E-state index contributed by atoms with van der Waals surface area (Å²) in [7, 11) is 0. The molecular formula is C12H24N2O2. The largest absolute Gasteiger partial charge is 0.394 e. The van der Waals surface area contributed by atoms with Crippen LogP contribution in [0.15, 0.2) is 0 Å². The van der Waals surface area contributed by atoms with E-state index in [1.165, 1.54) is 0 Å². The zero-order valence-corrected chi connectivity index (χ0v) is 10.3. The standard InChI is InChI=1S/C12H24N2O2/c1-9(2)7-10(13)11(16)14-12(8-15)5-3-4-6-12/h9-10,15H,3-8,13H2,1-2H3,(H,14,16). The van der Waals surface area contributed by atoms with E-state index in [-0.39, 0.29) is 12.5 Å². The van der Waals surface area contributed by atoms with Gasteiger partial charge in [-0.1, -0.05) is 26.7 Å². The van der Waals surface area contributed by atoms with Crippen molar-refractivity contribution in [2.75, 3.05) is 6.61 Å². The van der Waals surface area contributed by atoms with Gasteiger partial charge in [0.2, 0.25) is 5.91 Å². The van der Waals surface area contributed by atoms with E-state index in [9.17, 15) is 9.90 Å². The number of carbonyl (C=O) groups is 1. The van der Waals surface area contributed by atoms with Gasteiger partial charge >= 0.3 is 0 Å². The van der Waals surface area contributed by atoms with Gasteiger partial charge in [-0.15, -0.1) is 0 Å². The zero-order valence-electron chi connectivity index (χ0n) is 10.3. The molecule has 0 radical (unpaired) electrons. The van der Waals surface area contributed by atoms with Crippen molar-refractivity contribution in [3.8, 4) is 0 Å². The fourth-order valence-corrected chi connectivity index (χ4v) is 2.34. The predicted molar refractivity (Wildman–Crippen MR) is 63.9 cm³/mol. The quantitative estimate of drug-likeness (QED) is 0.651. The number of hydrogen-bond acceptors (Lipinski definition) is 3. The fourth-order valence-electron chi connectivity index (χ4n) is 2.34. The minimum absolute atomic E-state index is 0.0210. The average molecular weight is 228 g/mol. The van der Waals surface area contributed by atoms with Gasteiger partial charge in [0.05, 0.1) is 18.2 Å². The number of nitrogens with one attached hydrogen (secondary N) is 1. The summed E-state index contributed by atoms with van der Waals surface area (Å²) in [5, 5.41) is 12.3. The Morgan fingerprint density at radius 1 is 1.44 bits per heavy atom. The highest BCUT2D eigenvalue weighted by atomic mass is 16.3. The predicted octanol–water partition coefficient (Wildman–Crippen LogP) is 0.781. The average Bonchev–Trinajstić information content (AvgIpc) is 2.66. The molecule has 0 aromatic carbocycles. The molecule has 0 heterocycles. The molecular weight excluding hydrogens is 204 g/mol. The summed E-state index contributed by atoms with van der Waals surface area (Å²) in [4.78, 5) is 11.9. The van der Waals surface area contributed by atoms with Crippen molar-refractivity contribution in [2.45, 2.75) is 57.5 Å². The highest BCUT2D eigenvalue weighted by Crippen LogP contribution is 2.29. The third-order valence-electron chi connectivity index (χ3n) is 3.31. The molecule has 0 bridgehead atoms. The number of rotatable bonds is 5. The van der Waals surface area contributed by atoms with Crippen molar-refractivity contribution < 1.29 is 9.90 Å². The molecule has 4 heteroatoms. The van der Waals surface area contributed by atoms with Gasteiger partial charge in [0.1, 0.15) is 0 Å². The van der Waals surface area contributed by atoms with Gasteiger partial charge in [0.15, 0.2) is 0 Å². The van der Waals surface area contributed by atoms with E-state index in [4.69, 9.17) is 5.73 Å². The third-order valence-corrected chi connectivity index (χ3v) is 3.31. The van der Waals surface area contributed by atoms with Crippen LogP contribution < -0.4 is 11.1 Å². The number of hydrogen-bond donors (Lipinski definition) is 3. The van der Waals surface area contributed by atoms with Gasteiger partial charge in [-0.2, -0.15) is 0 Å². The topological polar surface area (TPSA) is 75.4 Å². The SMILES string of the molecule is CC(C)CC(N)C(=O)NC1(CO)CCCC1. The van der Waals surface area contributed by atoms with Gasteiger partial charge in [0, 0.05) is 0 Å². The van der Waals surface area contributed by atoms with E-state index >= 15 is 0 Å². The molecule has 1 aliphatic carbocycles. The van der Waals surface area contributed by atoms with Crippen LogP contribution in [-0.2, 0) is 4.79 Å². The first-order chi connectivity index (χ1) is 7.49. The van der Waals surface area contributed by atoms with Crippen molar-refractivity contribution in [1.29, 1.82) is 0 Å². The molecule has 1 atom stereocenters.